The number of hydrogen-bond acceptors (Lipinski definition) is 3. The molecule has 1 N–H and O–H groups in total. The lowest BCUT2D eigenvalue weighted by molar-refractivity contribution is 0.0624. The van der Waals surface area contributed by atoms with Gasteiger partial charge >= 0.3 is 0 Å². The lowest BCUT2D eigenvalue weighted by atomic mass is 10.1. The van der Waals surface area contributed by atoms with Crippen molar-refractivity contribution in [2.45, 2.75) is 20.8 Å². The van der Waals surface area contributed by atoms with Gasteiger partial charge in [-0.2, -0.15) is 0 Å². The maximum Gasteiger partial charge on any atom is 0.253 e. The molecule has 0 aliphatic carbocycles. The Labute approximate surface area is 128 Å². The highest BCUT2D eigenvalue weighted by atomic mass is 16.2. The fourth-order valence-corrected chi connectivity index (χ4v) is 2.77. The van der Waals surface area contributed by atoms with Crippen LogP contribution < -0.4 is 5.32 Å². The van der Waals surface area contributed by atoms with E-state index in [9.17, 15) is 4.79 Å². The second-order valence-electron chi connectivity index (χ2n) is 6.09. The molecule has 0 aromatic heterocycles. The fraction of sp³-hybridized carbons (Fsp3) is 0.588. The summed E-state index contributed by atoms with van der Waals surface area (Å²) in [5, 5.41) is 3.25. The molecule has 0 unspecified atom stereocenters. The predicted octanol–water partition coefficient (Wildman–Crippen LogP) is 2.53. The molecule has 21 heavy (non-hydrogen) atoms. The average molecular weight is 289 g/mol. The van der Waals surface area contributed by atoms with Crippen LogP contribution in [0.15, 0.2) is 24.3 Å². The molecule has 0 atom stereocenters. The number of nitrogens with one attached hydrogen (secondary N) is 1. The van der Waals surface area contributed by atoms with E-state index < -0.39 is 0 Å². The quantitative estimate of drug-likeness (QED) is 0.905. The van der Waals surface area contributed by atoms with Gasteiger partial charge < -0.3 is 10.2 Å². The zero-order chi connectivity index (χ0) is 15.2. The molecule has 0 radical (unpaired) electrons. The van der Waals surface area contributed by atoms with Crippen molar-refractivity contribution in [2.24, 2.45) is 5.92 Å². The Hall–Kier alpha value is -1.55. The topological polar surface area (TPSA) is 35.6 Å². The summed E-state index contributed by atoms with van der Waals surface area (Å²) in [6.45, 7) is 12.2. The summed E-state index contributed by atoms with van der Waals surface area (Å²) in [5.74, 6) is 0.841. The van der Waals surface area contributed by atoms with Gasteiger partial charge in [0.05, 0.1) is 0 Å². The number of benzene rings is 1. The van der Waals surface area contributed by atoms with Gasteiger partial charge in [-0.05, 0) is 37.1 Å². The van der Waals surface area contributed by atoms with E-state index in [1.54, 1.807) is 0 Å². The minimum atomic E-state index is 0.155. The van der Waals surface area contributed by atoms with Crippen LogP contribution in [-0.2, 0) is 0 Å². The maximum absolute atomic E-state index is 12.5. The summed E-state index contributed by atoms with van der Waals surface area (Å²) >= 11 is 0. The molecule has 1 aliphatic rings. The Morgan fingerprint density at radius 2 is 1.76 bits per heavy atom. The first-order valence-corrected chi connectivity index (χ1v) is 7.95. The van der Waals surface area contributed by atoms with Crippen LogP contribution >= 0.6 is 0 Å². The Kier molecular flexibility index (Phi) is 5.62. The van der Waals surface area contributed by atoms with Gasteiger partial charge in [0.25, 0.3) is 5.91 Å². The van der Waals surface area contributed by atoms with Gasteiger partial charge in [-0.25, -0.2) is 0 Å². The van der Waals surface area contributed by atoms with E-state index in [1.165, 1.54) is 0 Å². The number of amides is 1. The number of hydrogen-bond donors (Lipinski definition) is 1. The number of carbonyl (C=O) groups is 1. The van der Waals surface area contributed by atoms with Crippen molar-refractivity contribution < 1.29 is 4.79 Å². The molecule has 0 saturated carbocycles. The lowest BCUT2D eigenvalue weighted by Gasteiger charge is -2.35. The number of rotatable bonds is 5. The first-order valence-electron chi connectivity index (χ1n) is 7.95. The highest BCUT2D eigenvalue weighted by Crippen LogP contribution is 2.13. The van der Waals surface area contributed by atoms with Gasteiger partial charge in [0.1, 0.15) is 0 Å². The van der Waals surface area contributed by atoms with Crippen molar-refractivity contribution in [3.63, 3.8) is 0 Å². The van der Waals surface area contributed by atoms with Crippen LogP contribution in [-0.4, -0.2) is 55.0 Å². The largest absolute Gasteiger partial charge is 0.385 e. The lowest BCUT2D eigenvalue weighted by Crippen LogP contribution is -2.49. The van der Waals surface area contributed by atoms with Gasteiger partial charge in [0.2, 0.25) is 0 Å². The van der Waals surface area contributed by atoms with Crippen LogP contribution in [0.2, 0.25) is 0 Å². The number of piperazine rings is 1. The highest BCUT2D eigenvalue weighted by molar-refractivity contribution is 5.94. The third kappa shape index (κ3) is 4.46. The molecule has 116 valence electrons. The number of nitrogens with zero attached hydrogens (tertiary/aromatic N) is 2. The van der Waals surface area contributed by atoms with Crippen LogP contribution in [0, 0.1) is 5.92 Å². The Morgan fingerprint density at radius 3 is 2.29 bits per heavy atom. The summed E-state index contributed by atoms with van der Waals surface area (Å²) < 4.78 is 0. The third-order valence-corrected chi connectivity index (χ3v) is 3.80. The van der Waals surface area contributed by atoms with E-state index >= 15 is 0 Å². The summed E-state index contributed by atoms with van der Waals surface area (Å²) in [4.78, 5) is 16.9. The first-order chi connectivity index (χ1) is 10.1. The van der Waals surface area contributed by atoms with Crippen molar-refractivity contribution >= 4 is 11.6 Å². The van der Waals surface area contributed by atoms with Crippen LogP contribution in [0.25, 0.3) is 0 Å². The molecular formula is C17H27N3O. The predicted molar refractivity (Wildman–Crippen MR) is 87.8 cm³/mol. The SMILES string of the molecule is CCNc1ccc(C(=O)N2CCN(CC(C)C)CC2)cc1. The Morgan fingerprint density at radius 1 is 1.14 bits per heavy atom. The highest BCUT2D eigenvalue weighted by Gasteiger charge is 2.22. The van der Waals surface area contributed by atoms with Gasteiger partial charge in [-0.15, -0.1) is 0 Å². The van der Waals surface area contributed by atoms with Crippen LogP contribution in [0.1, 0.15) is 31.1 Å². The molecule has 1 aromatic carbocycles. The zero-order valence-corrected chi connectivity index (χ0v) is 13.4. The van der Waals surface area contributed by atoms with Crippen molar-refractivity contribution in [3.05, 3.63) is 29.8 Å². The molecule has 1 heterocycles. The number of carbonyl (C=O) groups excluding carboxylic acids is 1. The zero-order valence-electron chi connectivity index (χ0n) is 13.4. The number of anilines is 1. The second-order valence-corrected chi connectivity index (χ2v) is 6.09. The van der Waals surface area contributed by atoms with Crippen molar-refractivity contribution in [2.75, 3.05) is 44.6 Å². The van der Waals surface area contributed by atoms with Crippen molar-refractivity contribution in [1.82, 2.24) is 9.80 Å². The smallest absolute Gasteiger partial charge is 0.253 e. The summed E-state index contributed by atoms with van der Waals surface area (Å²) in [6, 6.07) is 7.79. The Balaban J connectivity index is 1.89. The molecule has 0 spiro atoms. The normalized spacial score (nSPS) is 16.3. The molecule has 2 rings (SSSR count). The molecular weight excluding hydrogens is 262 g/mol. The second kappa shape index (κ2) is 7.46. The molecule has 4 nitrogen and oxygen atoms in total. The van der Waals surface area contributed by atoms with Crippen molar-refractivity contribution in [1.29, 1.82) is 0 Å². The van der Waals surface area contributed by atoms with Crippen LogP contribution in [0.5, 0.6) is 0 Å². The minimum absolute atomic E-state index is 0.155. The van der Waals surface area contributed by atoms with Crippen LogP contribution in [0.4, 0.5) is 5.69 Å². The molecule has 1 aliphatic heterocycles. The molecule has 1 amide bonds. The Bertz CT molecular complexity index is 448. The first kappa shape index (κ1) is 15.8. The van der Waals surface area contributed by atoms with Gasteiger partial charge in [0, 0.05) is 50.5 Å². The van der Waals surface area contributed by atoms with Gasteiger partial charge in [-0.3, -0.25) is 9.69 Å². The monoisotopic (exact) mass is 289 g/mol. The van der Waals surface area contributed by atoms with E-state index in [0.717, 1.165) is 50.5 Å². The molecule has 1 aromatic rings. The third-order valence-electron chi connectivity index (χ3n) is 3.80. The van der Waals surface area contributed by atoms with E-state index in [0.29, 0.717) is 5.92 Å². The molecule has 4 heteroatoms. The van der Waals surface area contributed by atoms with E-state index in [-0.39, 0.29) is 5.91 Å². The van der Waals surface area contributed by atoms with Gasteiger partial charge in [0.15, 0.2) is 0 Å². The summed E-state index contributed by atoms with van der Waals surface area (Å²) in [5.41, 5.74) is 1.85. The molecule has 0 bridgehead atoms. The molecule has 1 saturated heterocycles. The minimum Gasteiger partial charge on any atom is -0.385 e. The molecule has 1 fully saturated rings. The average Bonchev–Trinajstić information content (AvgIpc) is 2.48. The van der Waals surface area contributed by atoms with E-state index in [4.69, 9.17) is 0 Å². The van der Waals surface area contributed by atoms with Crippen LogP contribution in [0.3, 0.4) is 0 Å². The van der Waals surface area contributed by atoms with E-state index in [2.05, 4.69) is 31.0 Å². The van der Waals surface area contributed by atoms with Crippen molar-refractivity contribution in [3.8, 4) is 0 Å². The fourth-order valence-electron chi connectivity index (χ4n) is 2.77. The summed E-state index contributed by atoms with van der Waals surface area (Å²) in [6.07, 6.45) is 0. The maximum atomic E-state index is 12.5. The van der Waals surface area contributed by atoms with Gasteiger partial charge in [-0.1, -0.05) is 13.8 Å². The summed E-state index contributed by atoms with van der Waals surface area (Å²) in [7, 11) is 0. The standard InChI is InChI=1S/C17H27N3O/c1-4-18-16-7-5-15(6-8-16)17(21)20-11-9-19(10-12-20)13-14(2)3/h5-8,14,18H,4,9-13H2,1-3H3. The van der Waals surface area contributed by atoms with E-state index in [1.807, 2.05) is 29.2 Å².